The van der Waals surface area contributed by atoms with Crippen molar-refractivity contribution in [2.45, 2.75) is 26.2 Å². The molecule has 7 nitrogen and oxygen atoms in total. The number of guanidine groups is 1. The van der Waals surface area contributed by atoms with E-state index in [9.17, 15) is 4.79 Å². The number of rotatable bonds is 11. The van der Waals surface area contributed by atoms with Crippen molar-refractivity contribution in [3.8, 4) is 5.75 Å². The van der Waals surface area contributed by atoms with Crippen LogP contribution in [0.3, 0.4) is 0 Å². The highest BCUT2D eigenvalue weighted by Crippen LogP contribution is 2.13. The van der Waals surface area contributed by atoms with Crippen molar-refractivity contribution < 1.29 is 13.9 Å². The van der Waals surface area contributed by atoms with E-state index in [4.69, 9.17) is 9.15 Å². The van der Waals surface area contributed by atoms with Gasteiger partial charge in [0.1, 0.15) is 18.1 Å². The molecule has 29 heavy (non-hydrogen) atoms. The predicted octanol–water partition coefficient (Wildman–Crippen LogP) is 2.48. The van der Waals surface area contributed by atoms with Crippen LogP contribution in [-0.4, -0.2) is 57.1 Å². The summed E-state index contributed by atoms with van der Waals surface area (Å²) < 4.78 is 11.0. The summed E-state index contributed by atoms with van der Waals surface area (Å²) in [4.78, 5) is 17.8. The lowest BCUT2D eigenvalue weighted by Gasteiger charge is -2.14. The normalized spacial score (nSPS) is 11.2. The lowest BCUT2D eigenvalue weighted by molar-refractivity contribution is -0.127. The van der Waals surface area contributed by atoms with Crippen molar-refractivity contribution in [3.63, 3.8) is 0 Å². The maximum atomic E-state index is 11.9. The van der Waals surface area contributed by atoms with Crippen molar-refractivity contribution in [1.29, 1.82) is 0 Å². The third kappa shape index (κ3) is 8.72. The monoisotopic (exact) mass is 400 g/mol. The van der Waals surface area contributed by atoms with Gasteiger partial charge in [0.05, 0.1) is 12.9 Å². The third-order valence-electron chi connectivity index (χ3n) is 4.19. The molecule has 0 aliphatic rings. The summed E-state index contributed by atoms with van der Waals surface area (Å²) in [5.74, 6) is 2.37. The molecule has 0 unspecified atom stereocenters. The van der Waals surface area contributed by atoms with Crippen LogP contribution in [0.5, 0.6) is 5.75 Å². The molecular formula is C22H32N4O3. The van der Waals surface area contributed by atoms with E-state index in [1.807, 2.05) is 24.3 Å². The number of nitrogens with one attached hydrogen (secondary N) is 2. The first-order valence-corrected chi connectivity index (χ1v) is 10.0. The summed E-state index contributed by atoms with van der Waals surface area (Å²) in [7, 11) is 3.45. The average molecular weight is 401 g/mol. The Kier molecular flexibility index (Phi) is 9.62. The van der Waals surface area contributed by atoms with Crippen LogP contribution in [0, 0.1) is 0 Å². The van der Waals surface area contributed by atoms with Crippen LogP contribution in [0.4, 0.5) is 0 Å². The van der Waals surface area contributed by atoms with Crippen LogP contribution < -0.4 is 15.4 Å². The summed E-state index contributed by atoms with van der Waals surface area (Å²) in [6.07, 6.45) is 4.22. The second-order valence-electron chi connectivity index (χ2n) is 6.88. The number of nitrogens with zero attached hydrogens (tertiary/aromatic N) is 2. The van der Waals surface area contributed by atoms with Crippen LogP contribution in [-0.2, 0) is 17.6 Å². The molecule has 1 amide bonds. The lowest BCUT2D eigenvalue weighted by Crippen LogP contribution is -2.40. The molecule has 1 aromatic heterocycles. The van der Waals surface area contributed by atoms with E-state index in [2.05, 4.69) is 34.7 Å². The minimum atomic E-state index is -0.0436. The van der Waals surface area contributed by atoms with Crippen molar-refractivity contribution in [3.05, 3.63) is 54.0 Å². The highest BCUT2D eigenvalue weighted by molar-refractivity contribution is 5.84. The molecule has 2 rings (SSSR count). The van der Waals surface area contributed by atoms with E-state index in [0.29, 0.717) is 19.0 Å². The summed E-state index contributed by atoms with van der Waals surface area (Å²) in [5, 5.41) is 6.56. The van der Waals surface area contributed by atoms with E-state index in [-0.39, 0.29) is 12.5 Å². The Bertz CT molecular complexity index is 757. The minimum absolute atomic E-state index is 0.0436. The molecule has 2 N–H and O–H groups in total. The third-order valence-corrected chi connectivity index (χ3v) is 4.19. The SMILES string of the molecule is CCCOc1cccc(CCNC(=NCC(=O)N(C)C)NCCc2ccco2)c1. The predicted molar refractivity (Wildman–Crippen MR) is 115 cm³/mol. The molecule has 0 saturated carbocycles. The topological polar surface area (TPSA) is 79.1 Å². The number of benzene rings is 1. The number of hydrogen-bond acceptors (Lipinski definition) is 4. The maximum absolute atomic E-state index is 11.9. The summed E-state index contributed by atoms with van der Waals surface area (Å²) >= 11 is 0. The molecule has 2 aromatic rings. The van der Waals surface area contributed by atoms with Crippen molar-refractivity contribution >= 4 is 11.9 Å². The number of hydrogen-bond donors (Lipinski definition) is 2. The fourth-order valence-corrected chi connectivity index (χ4v) is 2.56. The molecule has 0 aliphatic carbocycles. The highest BCUT2D eigenvalue weighted by Gasteiger charge is 2.05. The van der Waals surface area contributed by atoms with Crippen molar-refractivity contribution in [2.75, 3.05) is 40.3 Å². The largest absolute Gasteiger partial charge is 0.494 e. The van der Waals surface area contributed by atoms with Crippen LogP contribution in [0.15, 0.2) is 52.1 Å². The fourth-order valence-electron chi connectivity index (χ4n) is 2.56. The zero-order valence-corrected chi connectivity index (χ0v) is 17.6. The first-order valence-electron chi connectivity index (χ1n) is 10.0. The molecule has 0 spiro atoms. The van der Waals surface area contributed by atoms with Gasteiger partial charge in [-0.15, -0.1) is 0 Å². The van der Waals surface area contributed by atoms with E-state index in [1.165, 1.54) is 10.5 Å². The summed E-state index contributed by atoms with van der Waals surface area (Å²) in [6, 6.07) is 11.9. The molecule has 1 heterocycles. The van der Waals surface area contributed by atoms with Gasteiger partial charge in [-0.25, -0.2) is 4.99 Å². The Balaban J connectivity index is 1.86. The van der Waals surface area contributed by atoms with E-state index < -0.39 is 0 Å². The number of ether oxygens (including phenoxy) is 1. The quantitative estimate of drug-likeness (QED) is 0.448. The molecule has 0 bridgehead atoms. The van der Waals surface area contributed by atoms with Gasteiger partial charge >= 0.3 is 0 Å². The number of carbonyl (C=O) groups is 1. The lowest BCUT2D eigenvalue weighted by atomic mass is 10.1. The van der Waals surface area contributed by atoms with Crippen molar-refractivity contribution in [1.82, 2.24) is 15.5 Å². The van der Waals surface area contributed by atoms with Crippen LogP contribution >= 0.6 is 0 Å². The zero-order chi connectivity index (χ0) is 20.9. The number of aliphatic imine (C=N–C) groups is 1. The summed E-state index contributed by atoms with van der Waals surface area (Å²) in [5.41, 5.74) is 1.19. The molecule has 1 aromatic carbocycles. The zero-order valence-electron chi connectivity index (χ0n) is 17.6. The molecule has 0 aliphatic heterocycles. The Labute approximate surface area is 173 Å². The Hall–Kier alpha value is -2.96. The molecular weight excluding hydrogens is 368 g/mol. The first-order chi connectivity index (χ1) is 14.1. The van der Waals surface area contributed by atoms with Crippen LogP contribution in [0.2, 0.25) is 0 Å². The molecule has 0 atom stereocenters. The standard InChI is InChI=1S/C22H32N4O3/c1-4-14-28-20-8-5-7-18(16-20)10-12-23-22(25-17-21(27)26(2)3)24-13-11-19-9-6-15-29-19/h5-9,15-16H,4,10-14,17H2,1-3H3,(H2,23,24,25). The Morgan fingerprint density at radius 1 is 1.14 bits per heavy atom. The minimum Gasteiger partial charge on any atom is -0.494 e. The Morgan fingerprint density at radius 3 is 2.62 bits per heavy atom. The number of carbonyl (C=O) groups excluding carboxylic acids is 1. The number of furan rings is 1. The maximum Gasteiger partial charge on any atom is 0.243 e. The van der Waals surface area contributed by atoms with Gasteiger partial charge in [0.2, 0.25) is 5.91 Å². The fraction of sp³-hybridized carbons (Fsp3) is 0.455. The van der Waals surface area contributed by atoms with Gasteiger partial charge in [-0.2, -0.15) is 0 Å². The van der Waals surface area contributed by atoms with E-state index >= 15 is 0 Å². The molecule has 7 heteroatoms. The second kappa shape index (κ2) is 12.5. The number of likely N-dealkylation sites (N-methyl/N-ethyl adjacent to an activating group) is 1. The smallest absolute Gasteiger partial charge is 0.243 e. The van der Waals surface area contributed by atoms with Gasteiger partial charge in [0.15, 0.2) is 5.96 Å². The molecule has 158 valence electrons. The van der Waals surface area contributed by atoms with Gasteiger partial charge in [-0.05, 0) is 42.7 Å². The molecule has 0 radical (unpaired) electrons. The van der Waals surface area contributed by atoms with Gasteiger partial charge in [-0.3, -0.25) is 4.79 Å². The van der Waals surface area contributed by atoms with Crippen molar-refractivity contribution in [2.24, 2.45) is 4.99 Å². The van der Waals surface area contributed by atoms with Crippen LogP contribution in [0.25, 0.3) is 0 Å². The highest BCUT2D eigenvalue weighted by atomic mass is 16.5. The van der Waals surface area contributed by atoms with Gasteiger partial charge in [0.25, 0.3) is 0 Å². The van der Waals surface area contributed by atoms with Gasteiger partial charge < -0.3 is 24.7 Å². The van der Waals surface area contributed by atoms with Crippen LogP contribution in [0.1, 0.15) is 24.7 Å². The van der Waals surface area contributed by atoms with Gasteiger partial charge in [-0.1, -0.05) is 19.1 Å². The molecule has 0 saturated heterocycles. The second-order valence-corrected chi connectivity index (χ2v) is 6.88. The van der Waals surface area contributed by atoms with E-state index in [1.54, 1.807) is 20.4 Å². The average Bonchev–Trinajstić information content (AvgIpc) is 3.23. The Morgan fingerprint density at radius 2 is 1.93 bits per heavy atom. The summed E-state index contributed by atoms with van der Waals surface area (Å²) in [6.45, 7) is 4.27. The number of amides is 1. The van der Waals surface area contributed by atoms with E-state index in [0.717, 1.165) is 37.4 Å². The molecule has 0 fully saturated rings. The first kappa shape index (κ1) is 22.3. The van der Waals surface area contributed by atoms with Gasteiger partial charge in [0, 0.05) is 33.6 Å².